The predicted molar refractivity (Wildman–Crippen MR) is 170 cm³/mol. The van der Waals surface area contributed by atoms with Crippen molar-refractivity contribution in [3.8, 4) is 27.5 Å². The van der Waals surface area contributed by atoms with Crippen molar-refractivity contribution in [3.05, 3.63) is 98.5 Å². The number of rotatable bonds is 5. The number of carbonyl (C=O) groups excluding carboxylic acids is 1. The number of anilines is 1. The summed E-state index contributed by atoms with van der Waals surface area (Å²) in [5.74, 6) is -0.826. The van der Waals surface area contributed by atoms with Crippen LogP contribution >= 0.6 is 33.9 Å². The Labute approximate surface area is 263 Å². The van der Waals surface area contributed by atoms with Gasteiger partial charge in [-0.1, -0.05) is 23.4 Å². The second-order valence-corrected chi connectivity index (χ2v) is 12.6. The molecule has 0 saturated carbocycles. The first-order valence-electron chi connectivity index (χ1n) is 13.7. The van der Waals surface area contributed by atoms with Crippen molar-refractivity contribution in [1.29, 1.82) is 0 Å². The Morgan fingerprint density at radius 1 is 0.977 bits per heavy atom. The smallest absolute Gasteiger partial charge is 0.227 e. The molecule has 0 radical (unpaired) electrons. The maximum absolute atomic E-state index is 14.4. The van der Waals surface area contributed by atoms with Crippen LogP contribution in [0.15, 0.2) is 70.6 Å². The minimum atomic E-state index is -1.01. The number of amides is 1. The van der Waals surface area contributed by atoms with Gasteiger partial charge in [-0.05, 0) is 91.2 Å². The van der Waals surface area contributed by atoms with Gasteiger partial charge in [0.25, 0.3) is 0 Å². The Hall–Kier alpha value is -3.97. The average molecular weight is 708 g/mol. The van der Waals surface area contributed by atoms with Gasteiger partial charge in [0, 0.05) is 38.3 Å². The van der Waals surface area contributed by atoms with E-state index in [0.717, 1.165) is 49.3 Å². The first kappa shape index (κ1) is 27.8. The number of imidazole rings is 1. The number of halogens is 3. The summed E-state index contributed by atoms with van der Waals surface area (Å²) in [4.78, 5) is 25.0. The highest BCUT2D eigenvalue weighted by atomic mass is 127. The van der Waals surface area contributed by atoms with Crippen molar-refractivity contribution in [2.75, 3.05) is 4.90 Å². The molecule has 11 heteroatoms. The zero-order valence-corrected chi connectivity index (χ0v) is 26.1. The summed E-state index contributed by atoms with van der Waals surface area (Å²) < 4.78 is 36.8. The lowest BCUT2D eigenvalue weighted by Crippen LogP contribution is -2.39. The van der Waals surface area contributed by atoms with Gasteiger partial charge in [0.2, 0.25) is 5.91 Å². The Kier molecular flexibility index (Phi) is 7.08. The summed E-state index contributed by atoms with van der Waals surface area (Å²) in [7, 11) is 0. The molecule has 216 valence electrons. The Morgan fingerprint density at radius 3 is 2.51 bits per heavy atom. The summed E-state index contributed by atoms with van der Waals surface area (Å²) in [5, 5.41) is 6.81. The van der Waals surface area contributed by atoms with E-state index in [1.165, 1.54) is 17.4 Å². The van der Waals surface area contributed by atoms with E-state index in [2.05, 4.69) is 27.7 Å². The van der Waals surface area contributed by atoms with E-state index in [4.69, 9.17) is 14.5 Å². The quantitative estimate of drug-likeness (QED) is 0.168. The lowest BCUT2D eigenvalue weighted by Gasteiger charge is -2.35. The van der Waals surface area contributed by atoms with Gasteiger partial charge in [0.15, 0.2) is 16.8 Å². The standard InChI is InChI=1S/C32H24F2IN5O2S/c1-17-30(18(2)42-38-17)20-8-13-27-25(14-20)36-31(40(27)32-37-26(16-43-32)19-6-9-21(35)10-7-19)28-4-3-5-29(41)39(28)22-11-12-23(33)24(34)15-22/h6-16,28H,3-5H2,1-2H3/t28-/m0/s1. The van der Waals surface area contributed by atoms with Crippen molar-refractivity contribution >= 4 is 56.6 Å². The van der Waals surface area contributed by atoms with Crippen molar-refractivity contribution in [1.82, 2.24) is 19.7 Å². The van der Waals surface area contributed by atoms with Crippen LogP contribution in [0.1, 0.15) is 42.6 Å². The molecule has 1 amide bonds. The lowest BCUT2D eigenvalue weighted by molar-refractivity contribution is -0.120. The molecule has 3 aromatic heterocycles. The van der Waals surface area contributed by atoms with Gasteiger partial charge < -0.3 is 9.42 Å². The van der Waals surface area contributed by atoms with Gasteiger partial charge in [-0.25, -0.2) is 18.7 Å². The summed E-state index contributed by atoms with van der Waals surface area (Å²) in [6.45, 7) is 3.77. The first-order valence-corrected chi connectivity index (χ1v) is 15.7. The Bertz CT molecular complexity index is 2000. The fraction of sp³-hybridized carbons (Fsp3) is 0.188. The number of aryl methyl sites for hydroxylation is 2. The summed E-state index contributed by atoms with van der Waals surface area (Å²) in [6.07, 6.45) is 1.54. The third-order valence-electron chi connectivity index (χ3n) is 7.75. The normalized spacial score (nSPS) is 15.5. The Balaban J connectivity index is 1.42. The predicted octanol–water partition coefficient (Wildman–Crippen LogP) is 8.56. The Morgan fingerprint density at radius 2 is 1.77 bits per heavy atom. The topological polar surface area (TPSA) is 77.0 Å². The molecule has 0 bridgehead atoms. The van der Waals surface area contributed by atoms with Gasteiger partial charge in [-0.2, -0.15) is 0 Å². The number of aromatic nitrogens is 4. The van der Waals surface area contributed by atoms with Crippen LogP contribution in [0.25, 0.3) is 38.5 Å². The highest BCUT2D eigenvalue weighted by molar-refractivity contribution is 14.1. The fourth-order valence-electron chi connectivity index (χ4n) is 5.77. The summed E-state index contributed by atoms with van der Waals surface area (Å²) >= 11 is 3.75. The zero-order chi connectivity index (χ0) is 29.8. The second kappa shape index (κ2) is 10.9. The molecule has 4 heterocycles. The van der Waals surface area contributed by atoms with Gasteiger partial charge in [0.1, 0.15) is 11.6 Å². The van der Waals surface area contributed by atoms with E-state index in [-0.39, 0.29) is 5.91 Å². The van der Waals surface area contributed by atoms with E-state index in [9.17, 15) is 13.6 Å². The highest BCUT2D eigenvalue weighted by Crippen LogP contribution is 2.40. The van der Waals surface area contributed by atoms with E-state index >= 15 is 0 Å². The third-order valence-corrected chi connectivity index (χ3v) is 9.30. The molecule has 0 N–H and O–H groups in total. The minimum absolute atomic E-state index is 0.170. The third kappa shape index (κ3) is 4.93. The molecule has 0 spiro atoms. The molecule has 7 rings (SSSR count). The molecule has 1 atom stereocenters. The molecule has 1 aliphatic rings. The molecule has 0 unspecified atom stereocenters. The summed E-state index contributed by atoms with van der Waals surface area (Å²) in [6, 6.07) is 17.2. The summed E-state index contributed by atoms with van der Waals surface area (Å²) in [5.41, 5.74) is 6.24. The number of benzene rings is 3. The van der Waals surface area contributed by atoms with Crippen LogP contribution in [-0.2, 0) is 4.79 Å². The molecule has 43 heavy (non-hydrogen) atoms. The molecule has 1 fully saturated rings. The molecule has 3 aromatic carbocycles. The molecule has 6 aromatic rings. The van der Waals surface area contributed by atoms with Gasteiger partial charge in [-0.3, -0.25) is 9.36 Å². The van der Waals surface area contributed by atoms with E-state index in [1.807, 2.05) is 66.3 Å². The molecule has 0 aliphatic carbocycles. The largest absolute Gasteiger partial charge is 0.361 e. The number of carbonyl (C=O) groups is 1. The average Bonchev–Trinajstić information content (AvgIpc) is 3.71. The van der Waals surface area contributed by atoms with Gasteiger partial charge in [0.05, 0.1) is 28.5 Å². The van der Waals surface area contributed by atoms with Crippen LogP contribution in [0, 0.1) is 29.1 Å². The lowest BCUT2D eigenvalue weighted by atomic mass is 9.99. The molecular weight excluding hydrogens is 683 g/mol. The number of nitrogens with zero attached hydrogens (tertiary/aromatic N) is 5. The van der Waals surface area contributed by atoms with Crippen LogP contribution in [0.3, 0.4) is 0 Å². The number of thiazole rings is 1. The van der Waals surface area contributed by atoms with Crippen molar-refractivity contribution in [2.24, 2.45) is 0 Å². The van der Waals surface area contributed by atoms with Gasteiger partial charge >= 0.3 is 0 Å². The molecule has 1 saturated heterocycles. The maximum Gasteiger partial charge on any atom is 0.227 e. The molecule has 7 nitrogen and oxygen atoms in total. The van der Waals surface area contributed by atoms with Crippen LogP contribution in [0.2, 0.25) is 0 Å². The van der Waals surface area contributed by atoms with E-state index in [0.29, 0.717) is 47.2 Å². The van der Waals surface area contributed by atoms with E-state index < -0.39 is 17.7 Å². The van der Waals surface area contributed by atoms with Crippen LogP contribution < -0.4 is 4.90 Å². The number of hydrogen-bond acceptors (Lipinski definition) is 6. The minimum Gasteiger partial charge on any atom is -0.361 e. The zero-order valence-electron chi connectivity index (χ0n) is 23.1. The first-order chi connectivity index (χ1) is 20.8. The molecular formula is C32H24F2IN5O2S. The fourth-order valence-corrected chi connectivity index (χ4v) is 6.98. The maximum atomic E-state index is 14.4. The highest BCUT2D eigenvalue weighted by Gasteiger charge is 2.35. The van der Waals surface area contributed by atoms with Crippen LogP contribution in [0.4, 0.5) is 14.5 Å². The number of piperidine rings is 1. The van der Waals surface area contributed by atoms with Crippen molar-refractivity contribution in [3.63, 3.8) is 0 Å². The van der Waals surface area contributed by atoms with E-state index in [1.54, 1.807) is 4.90 Å². The van der Waals surface area contributed by atoms with Crippen LogP contribution in [0.5, 0.6) is 0 Å². The monoisotopic (exact) mass is 707 g/mol. The van der Waals surface area contributed by atoms with Crippen LogP contribution in [-0.4, -0.2) is 25.6 Å². The van der Waals surface area contributed by atoms with Gasteiger partial charge in [-0.15, -0.1) is 11.3 Å². The molecule has 1 aliphatic heterocycles. The van der Waals surface area contributed by atoms with Crippen molar-refractivity contribution < 1.29 is 18.1 Å². The second-order valence-electron chi connectivity index (χ2n) is 10.5. The number of fused-ring (bicyclic) bond motifs is 1. The van der Waals surface area contributed by atoms with Crippen molar-refractivity contribution in [2.45, 2.75) is 39.2 Å². The number of hydrogen-bond donors (Lipinski definition) is 0. The SMILES string of the molecule is Cc1noc(C)c1-c1ccc2c(c1)nc([C@@H]1CCCC(=O)N1c1ccc(F)c(F)c1)n2-c1nc(-c2ccc(I)cc2)cs1.